The molecule has 26 heavy (non-hydrogen) atoms. The van der Waals surface area contributed by atoms with Crippen LogP contribution in [0.1, 0.15) is 18.4 Å². The molecule has 0 atom stereocenters. The van der Waals surface area contributed by atoms with Crippen LogP contribution in [0.15, 0.2) is 42.5 Å². The van der Waals surface area contributed by atoms with Crippen LogP contribution in [0, 0.1) is 23.0 Å². The molecule has 1 saturated heterocycles. The van der Waals surface area contributed by atoms with E-state index in [-0.39, 0.29) is 17.5 Å². The van der Waals surface area contributed by atoms with Crippen molar-refractivity contribution >= 4 is 34.6 Å². The van der Waals surface area contributed by atoms with Crippen LogP contribution in [-0.2, 0) is 4.79 Å². The quantitative estimate of drug-likeness (QED) is 0.636. The van der Waals surface area contributed by atoms with Gasteiger partial charge in [-0.05, 0) is 44.0 Å². The van der Waals surface area contributed by atoms with Gasteiger partial charge in [-0.15, -0.1) is 0 Å². The van der Waals surface area contributed by atoms with Crippen molar-refractivity contribution in [3.63, 3.8) is 0 Å². The largest absolute Gasteiger partial charge is 0.371 e. The van der Waals surface area contributed by atoms with Crippen LogP contribution in [0.5, 0.6) is 0 Å². The Bertz CT molecular complexity index is 833. The number of nitrogens with one attached hydrogen (secondary N) is 1. The third kappa shape index (κ3) is 3.96. The first-order valence-corrected chi connectivity index (χ1v) is 8.89. The number of nitrogens with zero attached hydrogens (tertiary/aromatic N) is 2. The van der Waals surface area contributed by atoms with E-state index in [1.165, 1.54) is 6.07 Å². The van der Waals surface area contributed by atoms with Gasteiger partial charge in [0.05, 0.1) is 16.2 Å². The van der Waals surface area contributed by atoms with Crippen LogP contribution in [0.2, 0.25) is 5.02 Å². The SMILES string of the molecule is Cc1c(NC(=O)C2CCN(c3cccc(Cl)c3)CC2)cccc1[N+](=O)[O-]. The molecule has 0 spiro atoms. The van der Waals surface area contributed by atoms with Crippen molar-refractivity contribution in [1.29, 1.82) is 0 Å². The highest BCUT2D eigenvalue weighted by Gasteiger charge is 2.26. The summed E-state index contributed by atoms with van der Waals surface area (Å²) in [4.78, 5) is 25.4. The summed E-state index contributed by atoms with van der Waals surface area (Å²) >= 11 is 6.04. The lowest BCUT2D eigenvalue weighted by Gasteiger charge is -2.33. The molecule has 1 amide bonds. The Morgan fingerprint density at radius 2 is 1.92 bits per heavy atom. The standard InChI is InChI=1S/C19H20ClN3O3/c1-13-17(6-3-7-18(13)23(25)26)21-19(24)14-8-10-22(11-9-14)16-5-2-4-15(20)12-16/h2-7,12,14H,8-11H2,1H3,(H,21,24). The number of nitro groups is 1. The van der Waals surface area contributed by atoms with E-state index in [2.05, 4.69) is 10.2 Å². The molecule has 1 heterocycles. The van der Waals surface area contributed by atoms with Gasteiger partial charge in [0.2, 0.25) is 5.91 Å². The smallest absolute Gasteiger partial charge is 0.274 e. The average molecular weight is 374 g/mol. The Balaban J connectivity index is 1.62. The summed E-state index contributed by atoms with van der Waals surface area (Å²) in [7, 11) is 0. The van der Waals surface area contributed by atoms with Crippen molar-refractivity contribution in [3.8, 4) is 0 Å². The van der Waals surface area contributed by atoms with E-state index in [4.69, 9.17) is 11.6 Å². The number of halogens is 1. The van der Waals surface area contributed by atoms with Gasteiger partial charge in [-0.2, -0.15) is 0 Å². The minimum Gasteiger partial charge on any atom is -0.371 e. The average Bonchev–Trinajstić information content (AvgIpc) is 2.63. The normalized spacial score (nSPS) is 14.9. The number of hydrogen-bond acceptors (Lipinski definition) is 4. The minimum atomic E-state index is -0.436. The molecular formula is C19H20ClN3O3. The lowest BCUT2D eigenvalue weighted by molar-refractivity contribution is -0.385. The van der Waals surface area contributed by atoms with E-state index in [0.717, 1.165) is 31.6 Å². The molecule has 1 fully saturated rings. The molecular weight excluding hydrogens is 354 g/mol. The predicted octanol–water partition coefficient (Wildman–Crippen LogP) is 4.41. The number of anilines is 2. The Hall–Kier alpha value is -2.60. The van der Waals surface area contributed by atoms with Crippen LogP contribution in [0.4, 0.5) is 17.1 Å². The maximum atomic E-state index is 12.6. The Labute approximate surface area is 156 Å². The lowest BCUT2D eigenvalue weighted by Crippen LogP contribution is -2.38. The third-order valence-corrected chi connectivity index (χ3v) is 5.03. The molecule has 7 heteroatoms. The number of amides is 1. The molecule has 136 valence electrons. The van der Waals surface area contributed by atoms with Crippen molar-refractivity contribution in [1.82, 2.24) is 0 Å². The van der Waals surface area contributed by atoms with Crippen LogP contribution in [-0.4, -0.2) is 23.9 Å². The van der Waals surface area contributed by atoms with Gasteiger partial charge in [0.1, 0.15) is 0 Å². The molecule has 0 unspecified atom stereocenters. The lowest BCUT2D eigenvalue weighted by atomic mass is 9.95. The van der Waals surface area contributed by atoms with Crippen molar-refractivity contribution in [2.75, 3.05) is 23.3 Å². The molecule has 0 bridgehead atoms. The van der Waals surface area contributed by atoms with E-state index < -0.39 is 4.92 Å². The Morgan fingerprint density at radius 3 is 2.58 bits per heavy atom. The molecule has 1 aliphatic rings. The van der Waals surface area contributed by atoms with E-state index in [0.29, 0.717) is 16.3 Å². The van der Waals surface area contributed by atoms with Gasteiger partial charge in [-0.3, -0.25) is 14.9 Å². The van der Waals surface area contributed by atoms with E-state index in [1.807, 2.05) is 24.3 Å². The fourth-order valence-corrected chi connectivity index (χ4v) is 3.45. The summed E-state index contributed by atoms with van der Waals surface area (Å²) in [6.45, 7) is 3.19. The third-order valence-electron chi connectivity index (χ3n) is 4.80. The van der Waals surface area contributed by atoms with Crippen LogP contribution in [0.25, 0.3) is 0 Å². The van der Waals surface area contributed by atoms with E-state index in [9.17, 15) is 14.9 Å². The summed E-state index contributed by atoms with van der Waals surface area (Å²) in [6, 6.07) is 12.4. The van der Waals surface area contributed by atoms with Crippen molar-refractivity contribution in [2.45, 2.75) is 19.8 Å². The molecule has 0 radical (unpaired) electrons. The predicted molar refractivity (Wildman–Crippen MR) is 103 cm³/mol. The van der Waals surface area contributed by atoms with Gasteiger partial charge in [-0.25, -0.2) is 0 Å². The summed E-state index contributed by atoms with van der Waals surface area (Å²) in [5.41, 5.74) is 2.05. The minimum absolute atomic E-state index is 0.0126. The molecule has 2 aromatic rings. The number of piperidine rings is 1. The first-order chi connectivity index (χ1) is 12.5. The van der Waals surface area contributed by atoms with E-state index in [1.54, 1.807) is 19.1 Å². The molecule has 0 aromatic heterocycles. The summed E-state index contributed by atoms with van der Waals surface area (Å²) in [5, 5.41) is 14.6. The number of carbonyl (C=O) groups is 1. The molecule has 3 rings (SSSR count). The van der Waals surface area contributed by atoms with Crippen LogP contribution >= 0.6 is 11.6 Å². The highest BCUT2D eigenvalue weighted by Crippen LogP contribution is 2.28. The van der Waals surface area contributed by atoms with Gasteiger partial charge in [0.25, 0.3) is 5.69 Å². The van der Waals surface area contributed by atoms with Crippen molar-refractivity contribution < 1.29 is 9.72 Å². The second-order valence-corrected chi connectivity index (χ2v) is 6.87. The van der Waals surface area contributed by atoms with E-state index >= 15 is 0 Å². The maximum absolute atomic E-state index is 12.6. The first-order valence-electron chi connectivity index (χ1n) is 8.51. The zero-order chi connectivity index (χ0) is 18.7. The molecule has 6 nitrogen and oxygen atoms in total. The molecule has 0 aliphatic carbocycles. The zero-order valence-corrected chi connectivity index (χ0v) is 15.2. The number of benzene rings is 2. The van der Waals surface area contributed by atoms with Gasteiger partial charge in [-0.1, -0.05) is 23.7 Å². The maximum Gasteiger partial charge on any atom is 0.274 e. The van der Waals surface area contributed by atoms with Gasteiger partial charge < -0.3 is 10.2 Å². The van der Waals surface area contributed by atoms with Crippen LogP contribution in [0.3, 0.4) is 0 Å². The Kier molecular flexibility index (Phi) is 5.42. The molecule has 1 aliphatic heterocycles. The zero-order valence-electron chi connectivity index (χ0n) is 14.4. The topological polar surface area (TPSA) is 75.5 Å². The second-order valence-electron chi connectivity index (χ2n) is 6.44. The fraction of sp³-hybridized carbons (Fsp3) is 0.316. The summed E-state index contributed by atoms with van der Waals surface area (Å²) in [6.07, 6.45) is 1.46. The fourth-order valence-electron chi connectivity index (χ4n) is 3.26. The number of nitro benzene ring substituents is 1. The summed E-state index contributed by atoms with van der Waals surface area (Å²) < 4.78 is 0. The number of carbonyl (C=O) groups excluding carboxylic acids is 1. The van der Waals surface area contributed by atoms with Gasteiger partial charge >= 0.3 is 0 Å². The number of hydrogen-bond donors (Lipinski definition) is 1. The van der Waals surface area contributed by atoms with Gasteiger partial charge in [0, 0.05) is 35.8 Å². The van der Waals surface area contributed by atoms with Crippen molar-refractivity contribution in [3.05, 3.63) is 63.2 Å². The highest BCUT2D eigenvalue weighted by atomic mass is 35.5. The number of rotatable bonds is 4. The van der Waals surface area contributed by atoms with Crippen molar-refractivity contribution in [2.24, 2.45) is 5.92 Å². The van der Waals surface area contributed by atoms with Gasteiger partial charge in [0.15, 0.2) is 0 Å². The second kappa shape index (κ2) is 7.74. The first kappa shape index (κ1) is 18.2. The summed E-state index contributed by atoms with van der Waals surface area (Å²) in [5.74, 6) is -0.191. The van der Waals surface area contributed by atoms with Crippen LogP contribution < -0.4 is 10.2 Å². The molecule has 2 aromatic carbocycles. The highest BCUT2D eigenvalue weighted by molar-refractivity contribution is 6.30. The Morgan fingerprint density at radius 1 is 1.23 bits per heavy atom. The molecule has 1 N–H and O–H groups in total. The monoisotopic (exact) mass is 373 g/mol. The molecule has 0 saturated carbocycles.